The van der Waals surface area contributed by atoms with Gasteiger partial charge in [0, 0.05) is 31.6 Å². The van der Waals surface area contributed by atoms with E-state index < -0.39 is 5.82 Å². The molecule has 0 unspecified atom stereocenters. The SMILES string of the molecule is Cn1cc(Nc2cc(O)cc(F)c2C=N)cn1. The minimum atomic E-state index is -0.647. The van der Waals surface area contributed by atoms with Gasteiger partial charge in [0.2, 0.25) is 0 Å². The number of halogens is 1. The lowest BCUT2D eigenvalue weighted by molar-refractivity contribution is 0.469. The molecule has 0 atom stereocenters. The highest BCUT2D eigenvalue weighted by Crippen LogP contribution is 2.26. The van der Waals surface area contributed by atoms with E-state index in [0.29, 0.717) is 11.4 Å². The highest BCUT2D eigenvalue weighted by Gasteiger charge is 2.09. The van der Waals surface area contributed by atoms with Crippen LogP contribution in [-0.4, -0.2) is 21.1 Å². The quantitative estimate of drug-likeness (QED) is 0.711. The van der Waals surface area contributed by atoms with Crippen LogP contribution in [0, 0.1) is 11.2 Å². The monoisotopic (exact) mass is 234 g/mol. The molecule has 5 nitrogen and oxygen atoms in total. The molecule has 6 heteroatoms. The number of aromatic nitrogens is 2. The molecule has 0 amide bonds. The lowest BCUT2D eigenvalue weighted by Gasteiger charge is -2.08. The fourth-order valence-electron chi connectivity index (χ4n) is 1.49. The maximum Gasteiger partial charge on any atom is 0.137 e. The molecule has 88 valence electrons. The molecular formula is C11H11FN4O. The Kier molecular flexibility index (Phi) is 2.78. The van der Waals surface area contributed by atoms with Gasteiger partial charge in [-0.25, -0.2) is 4.39 Å². The Balaban J connectivity index is 2.41. The Labute approximate surface area is 97.0 Å². The van der Waals surface area contributed by atoms with E-state index in [0.717, 1.165) is 12.3 Å². The number of aryl methyl sites for hydroxylation is 1. The summed E-state index contributed by atoms with van der Waals surface area (Å²) in [4.78, 5) is 0. The average Bonchev–Trinajstić information content (AvgIpc) is 2.63. The third-order valence-electron chi connectivity index (χ3n) is 2.24. The number of phenols is 1. The smallest absolute Gasteiger partial charge is 0.137 e. The molecule has 0 aliphatic heterocycles. The van der Waals surface area contributed by atoms with E-state index in [2.05, 4.69) is 10.4 Å². The second kappa shape index (κ2) is 4.25. The molecule has 1 aromatic heterocycles. The van der Waals surface area contributed by atoms with Crippen LogP contribution in [0.4, 0.5) is 15.8 Å². The van der Waals surface area contributed by atoms with Gasteiger partial charge in [-0.1, -0.05) is 0 Å². The van der Waals surface area contributed by atoms with Crippen LogP contribution in [0.3, 0.4) is 0 Å². The molecule has 0 bridgehead atoms. The van der Waals surface area contributed by atoms with Crippen molar-refractivity contribution in [1.82, 2.24) is 9.78 Å². The van der Waals surface area contributed by atoms with Crippen molar-refractivity contribution < 1.29 is 9.50 Å². The summed E-state index contributed by atoms with van der Waals surface area (Å²) in [5, 5.41) is 23.3. The van der Waals surface area contributed by atoms with E-state index >= 15 is 0 Å². The summed E-state index contributed by atoms with van der Waals surface area (Å²) in [6.07, 6.45) is 4.17. The first-order valence-corrected chi connectivity index (χ1v) is 4.89. The zero-order valence-electron chi connectivity index (χ0n) is 9.11. The van der Waals surface area contributed by atoms with E-state index in [1.54, 1.807) is 24.1 Å². The van der Waals surface area contributed by atoms with Gasteiger partial charge in [-0.15, -0.1) is 0 Å². The average molecular weight is 234 g/mol. The van der Waals surface area contributed by atoms with E-state index in [9.17, 15) is 9.50 Å². The van der Waals surface area contributed by atoms with Gasteiger partial charge in [-0.05, 0) is 0 Å². The normalized spacial score (nSPS) is 10.2. The first kappa shape index (κ1) is 11.1. The summed E-state index contributed by atoms with van der Waals surface area (Å²) in [7, 11) is 1.76. The van der Waals surface area contributed by atoms with Crippen LogP contribution in [0.5, 0.6) is 5.75 Å². The Bertz CT molecular complexity index is 565. The molecule has 0 saturated carbocycles. The van der Waals surface area contributed by atoms with Gasteiger partial charge in [-0.3, -0.25) is 4.68 Å². The molecule has 0 radical (unpaired) electrons. The Morgan fingerprint density at radius 3 is 2.88 bits per heavy atom. The van der Waals surface area contributed by atoms with Gasteiger partial charge in [0.05, 0.1) is 23.1 Å². The van der Waals surface area contributed by atoms with Crippen LogP contribution in [0.2, 0.25) is 0 Å². The van der Waals surface area contributed by atoms with Crippen LogP contribution >= 0.6 is 0 Å². The van der Waals surface area contributed by atoms with Crippen molar-refractivity contribution >= 4 is 17.6 Å². The van der Waals surface area contributed by atoms with Gasteiger partial charge in [0.15, 0.2) is 0 Å². The first-order chi connectivity index (χ1) is 8.10. The lowest BCUT2D eigenvalue weighted by atomic mass is 10.1. The first-order valence-electron chi connectivity index (χ1n) is 4.89. The lowest BCUT2D eigenvalue weighted by Crippen LogP contribution is -1.97. The van der Waals surface area contributed by atoms with Crippen molar-refractivity contribution in [2.75, 3.05) is 5.32 Å². The number of nitrogens with one attached hydrogen (secondary N) is 2. The molecule has 17 heavy (non-hydrogen) atoms. The zero-order chi connectivity index (χ0) is 12.4. The van der Waals surface area contributed by atoms with Crippen LogP contribution in [0.25, 0.3) is 0 Å². The molecule has 0 saturated heterocycles. The van der Waals surface area contributed by atoms with Crippen LogP contribution in [0.1, 0.15) is 5.56 Å². The van der Waals surface area contributed by atoms with E-state index in [1.165, 1.54) is 6.07 Å². The Morgan fingerprint density at radius 2 is 2.29 bits per heavy atom. The number of hydrogen-bond donors (Lipinski definition) is 3. The molecule has 2 aromatic rings. The van der Waals surface area contributed by atoms with Crippen molar-refractivity contribution in [2.24, 2.45) is 7.05 Å². The predicted molar refractivity (Wildman–Crippen MR) is 62.4 cm³/mol. The molecule has 1 heterocycles. The predicted octanol–water partition coefficient (Wildman–Crippen LogP) is 2.01. The number of hydrogen-bond acceptors (Lipinski definition) is 4. The Hall–Kier alpha value is -2.37. The molecule has 0 aliphatic rings. The fraction of sp³-hybridized carbons (Fsp3) is 0.0909. The fourth-order valence-corrected chi connectivity index (χ4v) is 1.49. The summed E-state index contributed by atoms with van der Waals surface area (Å²) in [5.74, 6) is -0.842. The summed E-state index contributed by atoms with van der Waals surface area (Å²) in [6.45, 7) is 0. The third-order valence-corrected chi connectivity index (χ3v) is 2.24. The maximum atomic E-state index is 13.4. The van der Waals surface area contributed by atoms with Gasteiger partial charge in [-0.2, -0.15) is 5.10 Å². The molecular weight excluding hydrogens is 223 g/mol. The van der Waals surface area contributed by atoms with Crippen LogP contribution < -0.4 is 5.32 Å². The van der Waals surface area contributed by atoms with Crippen molar-refractivity contribution in [1.29, 1.82) is 5.41 Å². The van der Waals surface area contributed by atoms with Crippen molar-refractivity contribution in [2.45, 2.75) is 0 Å². The van der Waals surface area contributed by atoms with Crippen LogP contribution in [0.15, 0.2) is 24.5 Å². The number of aromatic hydroxyl groups is 1. The van der Waals surface area contributed by atoms with E-state index in [4.69, 9.17) is 5.41 Å². The highest BCUT2D eigenvalue weighted by atomic mass is 19.1. The second-order valence-corrected chi connectivity index (χ2v) is 3.56. The van der Waals surface area contributed by atoms with Gasteiger partial charge >= 0.3 is 0 Å². The molecule has 0 fully saturated rings. The topological polar surface area (TPSA) is 73.9 Å². The molecule has 3 N–H and O–H groups in total. The number of anilines is 2. The number of rotatable bonds is 3. The van der Waals surface area contributed by atoms with Gasteiger partial charge < -0.3 is 15.8 Å². The summed E-state index contributed by atoms with van der Waals surface area (Å²) < 4.78 is 15.0. The number of benzene rings is 1. The third kappa shape index (κ3) is 2.25. The standard InChI is InChI=1S/C11H11FN4O/c1-16-6-7(5-14-16)15-11-3-8(17)2-10(12)9(11)4-13/h2-6,13,15,17H,1H3. The summed E-state index contributed by atoms with van der Waals surface area (Å²) >= 11 is 0. The molecule has 0 aliphatic carbocycles. The van der Waals surface area contributed by atoms with Gasteiger partial charge in [0.25, 0.3) is 0 Å². The molecule has 2 rings (SSSR count). The number of phenolic OH excluding ortho intramolecular Hbond substituents is 1. The molecule has 1 aromatic carbocycles. The van der Waals surface area contributed by atoms with Crippen molar-refractivity contribution in [3.63, 3.8) is 0 Å². The zero-order valence-corrected chi connectivity index (χ0v) is 9.11. The van der Waals surface area contributed by atoms with Crippen LogP contribution in [-0.2, 0) is 7.05 Å². The summed E-state index contributed by atoms with van der Waals surface area (Å²) in [5.41, 5.74) is 1.07. The van der Waals surface area contributed by atoms with E-state index in [1.807, 2.05) is 0 Å². The Morgan fingerprint density at radius 1 is 1.53 bits per heavy atom. The minimum Gasteiger partial charge on any atom is -0.508 e. The van der Waals surface area contributed by atoms with Crippen molar-refractivity contribution in [3.8, 4) is 5.75 Å². The number of nitrogens with zero attached hydrogens (tertiary/aromatic N) is 2. The van der Waals surface area contributed by atoms with Gasteiger partial charge in [0.1, 0.15) is 11.6 Å². The highest BCUT2D eigenvalue weighted by molar-refractivity contribution is 5.88. The summed E-state index contributed by atoms with van der Waals surface area (Å²) in [6, 6.07) is 2.32. The largest absolute Gasteiger partial charge is 0.508 e. The maximum absolute atomic E-state index is 13.4. The minimum absolute atomic E-state index is 0.0895. The molecule has 0 spiro atoms. The van der Waals surface area contributed by atoms with Crippen molar-refractivity contribution in [3.05, 3.63) is 35.9 Å². The second-order valence-electron chi connectivity index (χ2n) is 3.56. The van der Waals surface area contributed by atoms with E-state index in [-0.39, 0.29) is 11.3 Å².